The Bertz CT molecular complexity index is 1210. The number of nitrogens with zero attached hydrogens (tertiary/aromatic N) is 3. The topological polar surface area (TPSA) is 38.7 Å². The molecular weight excluding hydrogens is 378 g/mol. The van der Waals surface area contributed by atoms with Crippen molar-refractivity contribution < 1.29 is 0 Å². The first-order valence-corrected chi connectivity index (χ1v) is 10.6. The maximum absolute atomic E-state index is 4.85. The summed E-state index contributed by atoms with van der Waals surface area (Å²) in [5, 5.41) is 2.36. The molecule has 0 amide bonds. The molecule has 1 heterocycles. The van der Waals surface area contributed by atoms with Crippen molar-refractivity contribution in [2.75, 3.05) is 0 Å². The summed E-state index contributed by atoms with van der Waals surface area (Å²) in [7, 11) is 0. The molecule has 3 aromatic rings. The van der Waals surface area contributed by atoms with Crippen LogP contribution in [0.2, 0.25) is 0 Å². The van der Waals surface area contributed by atoms with Crippen LogP contribution in [-0.2, 0) is 0 Å². The first-order valence-electron chi connectivity index (χ1n) is 10.6. The molecule has 0 unspecified atom stereocenters. The van der Waals surface area contributed by atoms with Gasteiger partial charge >= 0.3 is 0 Å². The van der Waals surface area contributed by atoms with E-state index in [1.165, 1.54) is 5.39 Å². The summed E-state index contributed by atoms with van der Waals surface area (Å²) in [5.74, 6) is 2.04. The van der Waals surface area contributed by atoms with Gasteiger partial charge in [-0.15, -0.1) is 0 Å². The van der Waals surface area contributed by atoms with E-state index in [2.05, 4.69) is 49.9 Å². The standard InChI is InChI=1S/C28H29N3/c1-6-9-12-21(7-2)26-29-27(22(8-3)16-15-20(4)5)31-28(30-26)25-18-17-23-13-10-11-14-24(23)19-25/h6,8-19H,4,7H2,1-3,5H3/b9-6-,16-15-,21-12+,22-8+. The Morgan fingerprint density at radius 3 is 2.35 bits per heavy atom. The fraction of sp³-hybridized carbons (Fsp3) is 0.179. The quantitative estimate of drug-likeness (QED) is 0.379. The Morgan fingerprint density at radius 1 is 0.935 bits per heavy atom. The second-order valence-corrected chi connectivity index (χ2v) is 7.36. The summed E-state index contributed by atoms with van der Waals surface area (Å²) in [6.07, 6.45) is 12.9. The lowest BCUT2D eigenvalue weighted by Gasteiger charge is -2.10. The van der Waals surface area contributed by atoms with Crippen LogP contribution in [0.4, 0.5) is 0 Å². The zero-order valence-electron chi connectivity index (χ0n) is 18.8. The molecule has 156 valence electrons. The summed E-state index contributed by atoms with van der Waals surface area (Å²) < 4.78 is 0. The lowest BCUT2D eigenvalue weighted by molar-refractivity contribution is 0.984. The molecule has 1 aromatic heterocycles. The van der Waals surface area contributed by atoms with Crippen LogP contribution in [-0.4, -0.2) is 15.0 Å². The molecule has 0 aliphatic carbocycles. The van der Waals surface area contributed by atoms with E-state index in [0.29, 0.717) is 17.5 Å². The third kappa shape index (κ3) is 5.52. The van der Waals surface area contributed by atoms with Crippen LogP contribution in [0.25, 0.3) is 33.3 Å². The molecule has 0 atom stereocenters. The van der Waals surface area contributed by atoms with Gasteiger partial charge in [-0.25, -0.2) is 15.0 Å². The Hall–Kier alpha value is -3.59. The molecule has 31 heavy (non-hydrogen) atoms. The molecule has 0 bridgehead atoms. The van der Waals surface area contributed by atoms with Crippen LogP contribution in [0.5, 0.6) is 0 Å². The van der Waals surface area contributed by atoms with Gasteiger partial charge in [-0.3, -0.25) is 0 Å². The summed E-state index contributed by atoms with van der Waals surface area (Å²) in [6.45, 7) is 12.0. The van der Waals surface area contributed by atoms with E-state index in [4.69, 9.17) is 15.0 Å². The molecule has 0 radical (unpaired) electrons. The molecule has 3 rings (SSSR count). The lowest BCUT2D eigenvalue weighted by atomic mass is 10.1. The highest BCUT2D eigenvalue weighted by Crippen LogP contribution is 2.25. The van der Waals surface area contributed by atoms with Crippen molar-refractivity contribution in [2.45, 2.75) is 34.1 Å². The van der Waals surface area contributed by atoms with Crippen molar-refractivity contribution in [3.8, 4) is 11.4 Å². The smallest absolute Gasteiger partial charge is 0.164 e. The predicted octanol–water partition coefficient (Wildman–Crippen LogP) is 7.60. The highest BCUT2D eigenvalue weighted by atomic mass is 15.0. The lowest BCUT2D eigenvalue weighted by Crippen LogP contribution is -2.04. The zero-order valence-corrected chi connectivity index (χ0v) is 18.8. The molecule has 0 saturated heterocycles. The Morgan fingerprint density at radius 2 is 1.68 bits per heavy atom. The average Bonchev–Trinajstić information content (AvgIpc) is 2.79. The minimum atomic E-state index is 0.660. The average molecular weight is 408 g/mol. The van der Waals surface area contributed by atoms with Gasteiger partial charge in [0.05, 0.1) is 0 Å². The number of rotatable bonds is 7. The molecule has 0 spiro atoms. The van der Waals surface area contributed by atoms with Crippen molar-refractivity contribution in [3.05, 3.63) is 103 Å². The van der Waals surface area contributed by atoms with Crippen molar-refractivity contribution in [1.82, 2.24) is 15.0 Å². The van der Waals surface area contributed by atoms with Crippen LogP contribution >= 0.6 is 0 Å². The number of aromatic nitrogens is 3. The van der Waals surface area contributed by atoms with Gasteiger partial charge in [-0.1, -0.05) is 91.9 Å². The van der Waals surface area contributed by atoms with E-state index in [1.54, 1.807) is 0 Å². The monoisotopic (exact) mass is 407 g/mol. The van der Waals surface area contributed by atoms with E-state index in [0.717, 1.165) is 34.1 Å². The summed E-state index contributed by atoms with van der Waals surface area (Å²) >= 11 is 0. The van der Waals surface area contributed by atoms with Crippen molar-refractivity contribution in [2.24, 2.45) is 0 Å². The van der Waals surface area contributed by atoms with E-state index in [-0.39, 0.29) is 0 Å². The van der Waals surface area contributed by atoms with E-state index in [1.807, 2.05) is 63.3 Å². The van der Waals surface area contributed by atoms with Crippen LogP contribution in [0.1, 0.15) is 45.8 Å². The molecular formula is C28H29N3. The summed E-state index contributed by atoms with van der Waals surface area (Å²) in [5.41, 5.74) is 3.97. The normalized spacial score (nSPS) is 12.9. The van der Waals surface area contributed by atoms with Gasteiger partial charge in [-0.05, 0) is 49.6 Å². The van der Waals surface area contributed by atoms with Gasteiger partial charge in [0.1, 0.15) is 0 Å². The molecule has 0 saturated carbocycles. The van der Waals surface area contributed by atoms with Gasteiger partial charge < -0.3 is 0 Å². The fourth-order valence-corrected chi connectivity index (χ4v) is 3.20. The second-order valence-electron chi connectivity index (χ2n) is 7.36. The molecule has 3 nitrogen and oxygen atoms in total. The molecule has 0 fully saturated rings. The highest BCUT2D eigenvalue weighted by Gasteiger charge is 2.13. The minimum Gasteiger partial charge on any atom is -0.209 e. The Labute approximate surface area is 185 Å². The fourth-order valence-electron chi connectivity index (χ4n) is 3.20. The molecule has 0 aliphatic heterocycles. The van der Waals surface area contributed by atoms with Crippen molar-refractivity contribution in [1.29, 1.82) is 0 Å². The van der Waals surface area contributed by atoms with Gasteiger partial charge in [0.25, 0.3) is 0 Å². The molecule has 0 aliphatic rings. The summed E-state index contributed by atoms with van der Waals surface area (Å²) in [4.78, 5) is 14.5. The maximum atomic E-state index is 4.85. The van der Waals surface area contributed by atoms with E-state index in [9.17, 15) is 0 Å². The number of fused-ring (bicyclic) bond motifs is 1. The number of hydrogen-bond donors (Lipinski definition) is 0. The second kappa shape index (κ2) is 10.4. The number of hydrogen-bond acceptors (Lipinski definition) is 3. The van der Waals surface area contributed by atoms with E-state index < -0.39 is 0 Å². The van der Waals surface area contributed by atoms with Crippen LogP contribution in [0.15, 0.2) is 91.1 Å². The Balaban J connectivity index is 2.21. The molecule has 2 aromatic carbocycles. The summed E-state index contributed by atoms with van der Waals surface area (Å²) in [6, 6.07) is 14.6. The van der Waals surface area contributed by atoms with Crippen LogP contribution in [0, 0.1) is 0 Å². The van der Waals surface area contributed by atoms with Gasteiger partial charge in [0.2, 0.25) is 0 Å². The number of benzene rings is 2. The molecule has 3 heteroatoms. The molecule has 0 N–H and O–H groups in total. The van der Waals surface area contributed by atoms with Crippen LogP contribution < -0.4 is 0 Å². The van der Waals surface area contributed by atoms with Crippen LogP contribution in [0.3, 0.4) is 0 Å². The third-order valence-electron chi connectivity index (χ3n) is 4.92. The minimum absolute atomic E-state index is 0.660. The van der Waals surface area contributed by atoms with Gasteiger partial charge in [-0.2, -0.15) is 0 Å². The van der Waals surface area contributed by atoms with Gasteiger partial charge in [0.15, 0.2) is 17.5 Å². The SMILES string of the molecule is C=C(C)/C=C\C(=C/C)c1nc(/C(=C/C=C\C)CC)nc(-c2ccc3ccccc3c2)n1. The van der Waals surface area contributed by atoms with E-state index >= 15 is 0 Å². The first-order chi connectivity index (χ1) is 15.0. The first kappa shape index (κ1) is 22.1. The third-order valence-corrected chi connectivity index (χ3v) is 4.92. The number of allylic oxidation sites excluding steroid dienone is 9. The largest absolute Gasteiger partial charge is 0.209 e. The zero-order chi connectivity index (χ0) is 22.2. The highest BCUT2D eigenvalue weighted by molar-refractivity contribution is 5.86. The Kier molecular flexibility index (Phi) is 7.45. The predicted molar refractivity (Wildman–Crippen MR) is 133 cm³/mol. The van der Waals surface area contributed by atoms with Crippen molar-refractivity contribution in [3.63, 3.8) is 0 Å². The van der Waals surface area contributed by atoms with Crippen molar-refractivity contribution >= 4 is 21.9 Å². The maximum Gasteiger partial charge on any atom is 0.164 e. The van der Waals surface area contributed by atoms with Gasteiger partial charge in [0, 0.05) is 11.1 Å².